The zero-order valence-electron chi connectivity index (χ0n) is 15.2. The van der Waals surface area contributed by atoms with Crippen LogP contribution in [0.1, 0.15) is 24.0 Å². The largest absolute Gasteiger partial charge is 0.508 e. The van der Waals surface area contributed by atoms with Gasteiger partial charge in [0, 0.05) is 22.6 Å². The standard InChI is InChI=1S/C20H18ClN3O5/c21-12-3-7-16-14(9-12)19(11-1-4-13(25)5-2-11)23-15(6-8-17(22)26)20(29)24(16)10-18(27)28/h1-5,7,9,15,25H,6,8,10H2,(H2,22,26)(H,27,28). The predicted molar refractivity (Wildman–Crippen MR) is 107 cm³/mol. The smallest absolute Gasteiger partial charge is 0.323 e. The maximum Gasteiger partial charge on any atom is 0.323 e. The van der Waals surface area contributed by atoms with Gasteiger partial charge in [-0.3, -0.25) is 24.3 Å². The van der Waals surface area contributed by atoms with Crippen LogP contribution in [0.15, 0.2) is 47.5 Å². The summed E-state index contributed by atoms with van der Waals surface area (Å²) in [6.07, 6.45) is -0.0473. The Morgan fingerprint density at radius 3 is 2.48 bits per heavy atom. The minimum atomic E-state index is -1.19. The second kappa shape index (κ2) is 8.32. The van der Waals surface area contributed by atoms with Crippen LogP contribution in [0.25, 0.3) is 0 Å². The molecule has 1 aliphatic rings. The van der Waals surface area contributed by atoms with Crippen molar-refractivity contribution in [2.45, 2.75) is 18.9 Å². The Kier molecular flexibility index (Phi) is 5.84. The van der Waals surface area contributed by atoms with Crippen molar-refractivity contribution in [3.8, 4) is 5.75 Å². The molecular weight excluding hydrogens is 398 g/mol. The number of phenols is 1. The van der Waals surface area contributed by atoms with E-state index in [2.05, 4.69) is 4.99 Å². The van der Waals surface area contributed by atoms with Gasteiger partial charge in [-0.2, -0.15) is 0 Å². The number of phenolic OH excluding ortho intramolecular Hbond substituents is 1. The fourth-order valence-electron chi connectivity index (χ4n) is 3.13. The van der Waals surface area contributed by atoms with Crippen molar-refractivity contribution in [1.82, 2.24) is 0 Å². The summed E-state index contributed by atoms with van der Waals surface area (Å²) in [6.45, 7) is -0.571. The molecule has 0 fully saturated rings. The molecule has 1 unspecified atom stereocenters. The maximum atomic E-state index is 13.1. The summed E-state index contributed by atoms with van der Waals surface area (Å²) < 4.78 is 0. The molecular formula is C20H18ClN3O5. The van der Waals surface area contributed by atoms with Crippen molar-refractivity contribution >= 4 is 40.8 Å². The minimum Gasteiger partial charge on any atom is -0.508 e. The Bertz CT molecular complexity index is 1000. The number of hydrogen-bond acceptors (Lipinski definition) is 5. The molecule has 2 amide bonds. The van der Waals surface area contributed by atoms with Gasteiger partial charge in [-0.1, -0.05) is 11.6 Å². The molecule has 0 saturated carbocycles. The third-order valence-corrected chi connectivity index (χ3v) is 4.67. The van der Waals surface area contributed by atoms with E-state index >= 15 is 0 Å². The van der Waals surface area contributed by atoms with E-state index in [4.69, 9.17) is 17.3 Å². The van der Waals surface area contributed by atoms with Gasteiger partial charge in [0.25, 0.3) is 5.91 Å². The van der Waals surface area contributed by atoms with E-state index in [0.29, 0.717) is 27.5 Å². The Balaban J connectivity index is 2.21. The highest BCUT2D eigenvalue weighted by atomic mass is 35.5. The normalized spacial score (nSPS) is 16.0. The number of benzene rings is 2. The number of halogens is 1. The van der Waals surface area contributed by atoms with Crippen LogP contribution in [0.5, 0.6) is 5.75 Å². The molecule has 0 aromatic heterocycles. The fraction of sp³-hybridized carbons (Fsp3) is 0.200. The molecule has 0 aliphatic carbocycles. The molecule has 9 heteroatoms. The summed E-state index contributed by atoms with van der Waals surface area (Å²) in [5, 5.41) is 19.3. The number of primary amides is 1. The van der Waals surface area contributed by atoms with E-state index < -0.39 is 30.4 Å². The molecule has 1 atom stereocenters. The number of nitrogens with two attached hydrogens (primary N) is 1. The number of carboxylic acids is 1. The zero-order valence-corrected chi connectivity index (χ0v) is 16.0. The first-order valence-corrected chi connectivity index (χ1v) is 9.12. The minimum absolute atomic E-state index is 0.0353. The molecule has 0 radical (unpaired) electrons. The summed E-state index contributed by atoms with van der Waals surface area (Å²) in [5.74, 6) is -2.27. The van der Waals surface area contributed by atoms with Gasteiger partial charge in [0.2, 0.25) is 5.91 Å². The monoisotopic (exact) mass is 415 g/mol. The number of amides is 2. The molecule has 4 N–H and O–H groups in total. The molecule has 0 bridgehead atoms. The van der Waals surface area contributed by atoms with Crippen molar-refractivity contribution in [3.63, 3.8) is 0 Å². The Labute approximate surface area is 171 Å². The highest BCUT2D eigenvalue weighted by Crippen LogP contribution is 2.32. The van der Waals surface area contributed by atoms with Crippen LogP contribution >= 0.6 is 11.6 Å². The second-order valence-corrected chi connectivity index (χ2v) is 6.96. The van der Waals surface area contributed by atoms with Crippen molar-refractivity contribution < 1.29 is 24.6 Å². The predicted octanol–water partition coefficient (Wildman–Crippen LogP) is 1.95. The quantitative estimate of drug-likeness (QED) is 0.663. The highest BCUT2D eigenvalue weighted by molar-refractivity contribution is 6.32. The average Bonchev–Trinajstić information content (AvgIpc) is 2.76. The van der Waals surface area contributed by atoms with Gasteiger partial charge in [-0.25, -0.2) is 0 Å². The number of carbonyl (C=O) groups is 3. The van der Waals surface area contributed by atoms with Crippen molar-refractivity contribution in [3.05, 3.63) is 58.6 Å². The molecule has 1 heterocycles. The highest BCUT2D eigenvalue weighted by Gasteiger charge is 2.33. The first kappa shape index (κ1) is 20.3. The summed E-state index contributed by atoms with van der Waals surface area (Å²) in [4.78, 5) is 41.4. The Morgan fingerprint density at radius 2 is 1.86 bits per heavy atom. The molecule has 2 aromatic carbocycles. The number of hydrogen-bond donors (Lipinski definition) is 3. The van der Waals surface area contributed by atoms with E-state index in [1.54, 1.807) is 30.3 Å². The summed E-state index contributed by atoms with van der Waals surface area (Å²) >= 11 is 6.16. The number of carbonyl (C=O) groups excluding carboxylic acids is 2. The van der Waals surface area contributed by atoms with E-state index in [1.807, 2.05) is 0 Å². The summed E-state index contributed by atoms with van der Waals surface area (Å²) in [5.41, 5.74) is 7.04. The van der Waals surface area contributed by atoms with E-state index in [-0.39, 0.29) is 18.6 Å². The molecule has 8 nitrogen and oxygen atoms in total. The van der Waals surface area contributed by atoms with Gasteiger partial charge < -0.3 is 15.9 Å². The number of aliphatic carboxylic acids is 1. The van der Waals surface area contributed by atoms with Gasteiger partial charge in [0.15, 0.2) is 0 Å². The number of rotatable bonds is 6. The molecule has 3 rings (SSSR count). The first-order chi connectivity index (χ1) is 13.8. The first-order valence-electron chi connectivity index (χ1n) is 8.75. The van der Waals surface area contributed by atoms with Crippen LogP contribution in [0.2, 0.25) is 5.02 Å². The van der Waals surface area contributed by atoms with Crippen LogP contribution in [0.3, 0.4) is 0 Å². The Morgan fingerprint density at radius 1 is 1.17 bits per heavy atom. The maximum absolute atomic E-state index is 13.1. The SMILES string of the molecule is NC(=O)CCC1N=C(c2ccc(O)cc2)c2cc(Cl)ccc2N(CC(=O)O)C1=O. The number of fused-ring (bicyclic) bond motifs is 1. The molecule has 2 aromatic rings. The van der Waals surface area contributed by atoms with Crippen LogP contribution in [0.4, 0.5) is 5.69 Å². The Hall–Kier alpha value is -3.39. The summed E-state index contributed by atoms with van der Waals surface area (Å²) in [7, 11) is 0. The number of aliphatic imine (C=N–C) groups is 1. The number of aromatic hydroxyl groups is 1. The molecule has 29 heavy (non-hydrogen) atoms. The number of carboxylic acid groups (broad SMARTS) is 1. The second-order valence-electron chi connectivity index (χ2n) is 6.52. The third kappa shape index (κ3) is 4.55. The van der Waals surface area contributed by atoms with Crippen LogP contribution in [0, 0.1) is 0 Å². The summed E-state index contributed by atoms with van der Waals surface area (Å²) in [6, 6.07) is 9.91. The van der Waals surface area contributed by atoms with Gasteiger partial charge in [-0.05, 0) is 48.9 Å². The van der Waals surface area contributed by atoms with Crippen molar-refractivity contribution in [1.29, 1.82) is 0 Å². The van der Waals surface area contributed by atoms with Crippen LogP contribution in [-0.2, 0) is 14.4 Å². The van der Waals surface area contributed by atoms with Crippen molar-refractivity contribution in [2.75, 3.05) is 11.4 Å². The van der Waals surface area contributed by atoms with Gasteiger partial charge >= 0.3 is 5.97 Å². The zero-order chi connectivity index (χ0) is 21.1. The molecule has 0 spiro atoms. The van der Waals surface area contributed by atoms with Gasteiger partial charge in [0.05, 0.1) is 11.4 Å². The van der Waals surface area contributed by atoms with Crippen LogP contribution in [-0.4, -0.2) is 46.3 Å². The third-order valence-electron chi connectivity index (χ3n) is 4.44. The lowest BCUT2D eigenvalue weighted by Crippen LogP contribution is -2.41. The molecule has 0 saturated heterocycles. The van der Waals surface area contributed by atoms with E-state index in [1.165, 1.54) is 12.1 Å². The van der Waals surface area contributed by atoms with E-state index in [0.717, 1.165) is 4.90 Å². The number of benzodiazepines with no additional fused rings is 1. The number of nitrogens with zero attached hydrogens (tertiary/aromatic N) is 2. The lowest BCUT2D eigenvalue weighted by Gasteiger charge is -2.23. The average molecular weight is 416 g/mol. The van der Waals surface area contributed by atoms with E-state index in [9.17, 15) is 24.6 Å². The van der Waals surface area contributed by atoms with Gasteiger partial charge in [0.1, 0.15) is 18.3 Å². The topological polar surface area (TPSA) is 133 Å². The molecule has 150 valence electrons. The fourth-order valence-corrected chi connectivity index (χ4v) is 3.30. The number of anilines is 1. The lowest BCUT2D eigenvalue weighted by atomic mass is 10.00. The van der Waals surface area contributed by atoms with Gasteiger partial charge in [-0.15, -0.1) is 0 Å². The van der Waals surface area contributed by atoms with Crippen molar-refractivity contribution in [2.24, 2.45) is 10.7 Å². The molecule has 1 aliphatic heterocycles. The van der Waals surface area contributed by atoms with Crippen LogP contribution < -0.4 is 10.6 Å². The lowest BCUT2D eigenvalue weighted by molar-refractivity contribution is -0.136.